The molecule has 27 heavy (non-hydrogen) atoms. The van der Waals surface area contributed by atoms with E-state index in [1.807, 2.05) is 32.0 Å². The van der Waals surface area contributed by atoms with Crippen molar-refractivity contribution in [2.75, 3.05) is 0 Å². The van der Waals surface area contributed by atoms with E-state index in [4.69, 9.17) is 9.26 Å². The zero-order valence-corrected chi connectivity index (χ0v) is 19.7. The third-order valence-electron chi connectivity index (χ3n) is 4.63. The number of aromatic nitrogens is 2. The molecule has 0 saturated carbocycles. The molecular formula is C21H23N2O2SY-. The Balaban J connectivity index is 0.00000131. The standard InChI is InChI=1S/C21H21N2O2.H2S.Y/c1-13(2)24-16-10-8-15(9-11-16)21-22-20(23-25-21)19-6-4-5-17-14(3)7-12-18(17)19;;/h4-6,8-10,13-14H,7,12H2,1-3H3;1H2;/q-1;;/t14-;;/m0../s1. The summed E-state index contributed by atoms with van der Waals surface area (Å²) in [6, 6.07) is 15.1. The van der Waals surface area contributed by atoms with Gasteiger partial charge in [-0.1, -0.05) is 35.8 Å². The first kappa shape index (κ1) is 22.1. The van der Waals surface area contributed by atoms with Crippen LogP contribution in [0.3, 0.4) is 0 Å². The van der Waals surface area contributed by atoms with Gasteiger partial charge in [0.25, 0.3) is 0 Å². The van der Waals surface area contributed by atoms with Crippen LogP contribution in [0.25, 0.3) is 22.8 Å². The van der Waals surface area contributed by atoms with Gasteiger partial charge in [0, 0.05) is 44.0 Å². The predicted molar refractivity (Wildman–Crippen MR) is 107 cm³/mol. The molecule has 4 nitrogen and oxygen atoms in total. The summed E-state index contributed by atoms with van der Waals surface area (Å²) >= 11 is 0. The predicted octanol–water partition coefficient (Wildman–Crippen LogP) is 5.15. The van der Waals surface area contributed by atoms with Crippen LogP contribution in [0.15, 0.2) is 40.9 Å². The molecule has 2 aromatic carbocycles. The normalized spacial score (nSPS) is 15.0. The summed E-state index contributed by atoms with van der Waals surface area (Å²) in [4.78, 5) is 4.61. The summed E-state index contributed by atoms with van der Waals surface area (Å²) in [7, 11) is 0. The van der Waals surface area contributed by atoms with Crippen LogP contribution < -0.4 is 4.74 Å². The van der Waals surface area contributed by atoms with Crippen molar-refractivity contribution in [1.29, 1.82) is 0 Å². The van der Waals surface area contributed by atoms with Gasteiger partial charge in [-0.3, -0.25) is 0 Å². The van der Waals surface area contributed by atoms with Gasteiger partial charge in [-0.2, -0.15) is 30.6 Å². The minimum absolute atomic E-state index is 0. The number of benzene rings is 2. The van der Waals surface area contributed by atoms with Crippen LogP contribution in [0.4, 0.5) is 0 Å². The Morgan fingerprint density at radius 3 is 2.74 bits per heavy atom. The van der Waals surface area contributed by atoms with Crippen LogP contribution in [0, 0.1) is 6.07 Å². The van der Waals surface area contributed by atoms with Crippen molar-refractivity contribution in [2.24, 2.45) is 0 Å². The summed E-state index contributed by atoms with van der Waals surface area (Å²) in [5, 5.41) is 4.20. The second kappa shape index (κ2) is 9.35. The molecule has 1 atom stereocenters. The number of ether oxygens (including phenoxy) is 1. The van der Waals surface area contributed by atoms with Gasteiger partial charge in [0.1, 0.15) is 0 Å². The van der Waals surface area contributed by atoms with E-state index in [0.717, 1.165) is 17.5 Å². The third kappa shape index (κ3) is 4.64. The van der Waals surface area contributed by atoms with Gasteiger partial charge in [-0.15, -0.1) is 12.1 Å². The van der Waals surface area contributed by atoms with Crippen molar-refractivity contribution in [3.63, 3.8) is 0 Å². The van der Waals surface area contributed by atoms with E-state index < -0.39 is 0 Å². The van der Waals surface area contributed by atoms with Crippen molar-refractivity contribution in [3.8, 4) is 28.6 Å². The molecule has 0 aliphatic heterocycles. The third-order valence-corrected chi connectivity index (χ3v) is 4.63. The minimum atomic E-state index is 0. The van der Waals surface area contributed by atoms with Gasteiger partial charge in [0.05, 0.1) is 6.10 Å². The van der Waals surface area contributed by atoms with E-state index in [1.54, 1.807) is 0 Å². The summed E-state index contributed by atoms with van der Waals surface area (Å²) < 4.78 is 11.1. The van der Waals surface area contributed by atoms with Gasteiger partial charge < -0.3 is 9.26 Å². The van der Waals surface area contributed by atoms with Crippen molar-refractivity contribution in [3.05, 3.63) is 53.6 Å². The molecular weight excluding hydrogens is 433 g/mol. The summed E-state index contributed by atoms with van der Waals surface area (Å²) in [6.07, 6.45) is 2.38. The fraction of sp³-hybridized carbons (Fsp3) is 0.333. The van der Waals surface area contributed by atoms with Gasteiger partial charge in [-0.05, 0) is 43.7 Å². The van der Waals surface area contributed by atoms with E-state index in [-0.39, 0.29) is 52.3 Å². The zero-order valence-electron chi connectivity index (χ0n) is 15.8. The fourth-order valence-corrected chi connectivity index (χ4v) is 3.39. The molecule has 0 N–H and O–H groups in total. The maximum atomic E-state index is 5.62. The van der Waals surface area contributed by atoms with Crippen molar-refractivity contribution < 1.29 is 42.0 Å². The Hall–Kier alpha value is -1.17. The van der Waals surface area contributed by atoms with E-state index in [9.17, 15) is 0 Å². The van der Waals surface area contributed by atoms with E-state index in [0.29, 0.717) is 23.4 Å². The topological polar surface area (TPSA) is 48.2 Å². The second-order valence-corrected chi connectivity index (χ2v) is 6.84. The molecule has 6 heteroatoms. The Labute approximate surface area is 192 Å². The van der Waals surface area contributed by atoms with Crippen molar-refractivity contribution in [1.82, 2.24) is 10.1 Å². The minimum Gasteiger partial charge on any atom is -0.517 e. The molecule has 0 saturated heterocycles. The first-order valence-corrected chi connectivity index (χ1v) is 8.76. The molecule has 1 radical (unpaired) electrons. The van der Waals surface area contributed by atoms with E-state index in [1.165, 1.54) is 17.5 Å². The Morgan fingerprint density at radius 2 is 2.04 bits per heavy atom. The number of hydrogen-bond acceptors (Lipinski definition) is 4. The smallest absolute Gasteiger partial charge is 0.202 e. The summed E-state index contributed by atoms with van der Waals surface area (Å²) in [5.41, 5.74) is 4.69. The van der Waals surface area contributed by atoms with Crippen LogP contribution in [-0.2, 0) is 39.1 Å². The molecule has 1 heterocycles. The molecule has 1 aliphatic rings. The van der Waals surface area contributed by atoms with Crippen LogP contribution >= 0.6 is 13.5 Å². The molecule has 1 aliphatic carbocycles. The molecule has 0 fully saturated rings. The fourth-order valence-electron chi connectivity index (χ4n) is 3.39. The maximum Gasteiger partial charge on any atom is 0.202 e. The van der Waals surface area contributed by atoms with Gasteiger partial charge in [0.2, 0.25) is 11.7 Å². The van der Waals surface area contributed by atoms with Gasteiger partial charge in [0.15, 0.2) is 0 Å². The number of rotatable bonds is 4. The molecule has 0 spiro atoms. The average Bonchev–Trinajstić information content (AvgIpc) is 3.23. The molecule has 0 unspecified atom stereocenters. The molecule has 0 amide bonds. The van der Waals surface area contributed by atoms with Gasteiger partial charge >= 0.3 is 0 Å². The Morgan fingerprint density at radius 1 is 1.22 bits per heavy atom. The summed E-state index contributed by atoms with van der Waals surface area (Å²) in [6.45, 7) is 6.25. The molecule has 0 bridgehead atoms. The Bertz CT molecular complexity index is 893. The van der Waals surface area contributed by atoms with Crippen molar-refractivity contribution in [2.45, 2.75) is 45.6 Å². The van der Waals surface area contributed by atoms with Crippen LogP contribution in [0.2, 0.25) is 0 Å². The molecule has 3 aromatic rings. The zero-order chi connectivity index (χ0) is 17.4. The quantitative estimate of drug-likeness (QED) is 0.510. The van der Waals surface area contributed by atoms with E-state index >= 15 is 0 Å². The Kier molecular flexibility index (Phi) is 7.67. The van der Waals surface area contributed by atoms with E-state index in [2.05, 4.69) is 41.3 Å². The largest absolute Gasteiger partial charge is 0.517 e. The maximum absolute atomic E-state index is 5.62. The monoisotopic (exact) mass is 456 g/mol. The molecule has 139 valence electrons. The molecule has 4 rings (SSSR count). The SMILES string of the molecule is CC(C)Oc1[c-]cc(-c2nc(-c3cccc4c3CC[C@@H]4C)no2)cc1.S.[Y]. The van der Waals surface area contributed by atoms with Crippen LogP contribution in [-0.4, -0.2) is 16.2 Å². The number of fused-ring (bicyclic) bond motifs is 1. The van der Waals surface area contributed by atoms with Crippen LogP contribution in [0.5, 0.6) is 5.75 Å². The second-order valence-electron chi connectivity index (χ2n) is 6.84. The number of hydrogen-bond donors (Lipinski definition) is 0. The first-order valence-electron chi connectivity index (χ1n) is 8.76. The summed E-state index contributed by atoms with van der Waals surface area (Å²) in [5.74, 6) is 2.48. The van der Waals surface area contributed by atoms with Crippen molar-refractivity contribution >= 4 is 13.5 Å². The molecule has 1 aromatic heterocycles. The average molecular weight is 456 g/mol. The van der Waals surface area contributed by atoms with Crippen LogP contribution in [0.1, 0.15) is 44.2 Å². The number of nitrogens with zero attached hydrogens (tertiary/aromatic N) is 2. The van der Waals surface area contributed by atoms with Gasteiger partial charge in [-0.25, -0.2) is 0 Å². The first-order chi connectivity index (χ1) is 12.1.